The van der Waals surface area contributed by atoms with Gasteiger partial charge in [0.2, 0.25) is 0 Å². The van der Waals surface area contributed by atoms with Gasteiger partial charge in [0.15, 0.2) is 0 Å². The second kappa shape index (κ2) is 6.84. The molecule has 0 spiro atoms. The van der Waals surface area contributed by atoms with Gasteiger partial charge in [-0.3, -0.25) is 4.99 Å². The summed E-state index contributed by atoms with van der Waals surface area (Å²) in [5, 5.41) is 9.06. The van der Waals surface area contributed by atoms with Gasteiger partial charge >= 0.3 is 5.97 Å². The van der Waals surface area contributed by atoms with Gasteiger partial charge in [0.25, 0.3) is 0 Å². The number of nitrogens with zero attached hydrogens (tertiary/aromatic N) is 1. The average Bonchev–Trinajstić information content (AvgIpc) is 2.14. The first-order valence-electron chi connectivity index (χ1n) is 3.50. The maximum atomic E-state index is 10.5. The van der Waals surface area contributed by atoms with Crippen LogP contribution in [0.4, 0.5) is 0 Å². The van der Waals surface area contributed by atoms with E-state index in [9.17, 15) is 4.79 Å². The standard InChI is InChI=1S/C9H11NO3/c1-3-10-7-6-8(11)4-5-9(12)13-2/h3-7,11H,1H2,2H3/b5-4+,8-6+,10-7+. The molecular formula is C9H11NO3. The molecule has 0 aromatic rings. The Morgan fingerprint density at radius 2 is 2.23 bits per heavy atom. The van der Waals surface area contributed by atoms with Gasteiger partial charge in [0, 0.05) is 18.5 Å². The summed E-state index contributed by atoms with van der Waals surface area (Å²) in [7, 11) is 1.26. The van der Waals surface area contributed by atoms with Crippen molar-refractivity contribution < 1.29 is 14.6 Å². The first-order valence-corrected chi connectivity index (χ1v) is 3.50. The van der Waals surface area contributed by atoms with Gasteiger partial charge in [0.1, 0.15) is 5.76 Å². The number of carbonyl (C=O) groups excluding carboxylic acids is 1. The highest BCUT2D eigenvalue weighted by atomic mass is 16.5. The Balaban J connectivity index is 4.12. The van der Waals surface area contributed by atoms with E-state index in [4.69, 9.17) is 5.11 Å². The zero-order valence-electron chi connectivity index (χ0n) is 7.30. The van der Waals surface area contributed by atoms with Gasteiger partial charge in [-0.15, -0.1) is 0 Å². The van der Waals surface area contributed by atoms with Crippen molar-refractivity contribution in [2.75, 3.05) is 7.11 Å². The van der Waals surface area contributed by atoms with Gasteiger partial charge in [-0.2, -0.15) is 0 Å². The second-order valence-electron chi connectivity index (χ2n) is 1.93. The fraction of sp³-hybridized carbons (Fsp3) is 0.111. The van der Waals surface area contributed by atoms with Gasteiger partial charge in [-0.1, -0.05) is 6.58 Å². The van der Waals surface area contributed by atoms with Crippen LogP contribution >= 0.6 is 0 Å². The largest absolute Gasteiger partial charge is 0.508 e. The summed E-state index contributed by atoms with van der Waals surface area (Å²) in [5.41, 5.74) is 0. The lowest BCUT2D eigenvalue weighted by atomic mass is 10.4. The molecule has 0 heterocycles. The van der Waals surface area contributed by atoms with E-state index >= 15 is 0 Å². The van der Waals surface area contributed by atoms with Crippen LogP contribution < -0.4 is 0 Å². The third-order valence-electron chi connectivity index (χ3n) is 1.03. The third-order valence-corrected chi connectivity index (χ3v) is 1.03. The highest BCUT2D eigenvalue weighted by Crippen LogP contribution is 1.90. The predicted octanol–water partition coefficient (Wildman–Crippen LogP) is 1.37. The molecule has 13 heavy (non-hydrogen) atoms. The minimum atomic E-state index is -0.527. The SMILES string of the molecule is C=C/N=C/C=C(O)\C=C\C(=O)OC. The van der Waals surface area contributed by atoms with E-state index in [1.54, 1.807) is 0 Å². The molecule has 1 N–H and O–H groups in total. The summed E-state index contributed by atoms with van der Waals surface area (Å²) in [4.78, 5) is 14.2. The van der Waals surface area contributed by atoms with Crippen LogP contribution in [0.1, 0.15) is 0 Å². The molecule has 4 heteroatoms. The summed E-state index contributed by atoms with van der Waals surface area (Å²) >= 11 is 0. The van der Waals surface area contributed by atoms with Crippen molar-refractivity contribution in [2.24, 2.45) is 4.99 Å². The molecule has 0 aliphatic carbocycles. The van der Waals surface area contributed by atoms with Gasteiger partial charge in [0.05, 0.1) is 7.11 Å². The molecule has 0 aromatic carbocycles. The molecule has 0 fully saturated rings. The van der Waals surface area contributed by atoms with Crippen LogP contribution in [0.2, 0.25) is 0 Å². The number of hydrogen-bond acceptors (Lipinski definition) is 4. The van der Waals surface area contributed by atoms with Crippen molar-refractivity contribution in [3.8, 4) is 0 Å². The van der Waals surface area contributed by atoms with Crippen LogP contribution in [0, 0.1) is 0 Å². The van der Waals surface area contributed by atoms with Gasteiger partial charge in [-0.25, -0.2) is 4.79 Å². The number of aliphatic hydroxyl groups excluding tert-OH is 1. The molecule has 0 bridgehead atoms. The topological polar surface area (TPSA) is 58.9 Å². The molecule has 0 atom stereocenters. The summed E-state index contributed by atoms with van der Waals surface area (Å²) in [5.74, 6) is -0.614. The van der Waals surface area contributed by atoms with Crippen LogP contribution in [-0.4, -0.2) is 24.4 Å². The number of hydrogen-bond donors (Lipinski definition) is 1. The van der Waals surface area contributed by atoms with E-state index in [-0.39, 0.29) is 5.76 Å². The highest BCUT2D eigenvalue weighted by Gasteiger charge is 1.90. The van der Waals surface area contributed by atoms with E-state index in [1.165, 1.54) is 31.7 Å². The van der Waals surface area contributed by atoms with E-state index in [1.807, 2.05) is 0 Å². The monoisotopic (exact) mass is 181 g/mol. The normalized spacial score (nSPS) is 12.2. The van der Waals surface area contributed by atoms with E-state index < -0.39 is 5.97 Å². The number of esters is 1. The number of ether oxygens (including phenoxy) is 1. The van der Waals surface area contributed by atoms with Crippen molar-refractivity contribution in [3.63, 3.8) is 0 Å². The van der Waals surface area contributed by atoms with Crippen molar-refractivity contribution >= 4 is 12.2 Å². The molecule has 0 radical (unpaired) electrons. The van der Waals surface area contributed by atoms with E-state index in [0.29, 0.717) is 0 Å². The molecular weight excluding hydrogens is 170 g/mol. The number of aliphatic hydroxyl groups is 1. The Bertz CT molecular complexity index is 264. The summed E-state index contributed by atoms with van der Waals surface area (Å²) < 4.78 is 4.31. The summed E-state index contributed by atoms with van der Waals surface area (Å²) in [6.07, 6.45) is 6.31. The molecule has 0 amide bonds. The molecule has 0 unspecified atom stereocenters. The maximum Gasteiger partial charge on any atom is 0.330 e. The van der Waals surface area contributed by atoms with Crippen LogP contribution in [0.3, 0.4) is 0 Å². The molecule has 0 saturated carbocycles. The van der Waals surface area contributed by atoms with Crippen molar-refractivity contribution in [3.05, 3.63) is 36.8 Å². The Hall–Kier alpha value is -1.84. The fourth-order valence-electron chi connectivity index (χ4n) is 0.457. The smallest absolute Gasteiger partial charge is 0.330 e. The quantitative estimate of drug-likeness (QED) is 0.234. The molecule has 70 valence electrons. The Morgan fingerprint density at radius 1 is 1.54 bits per heavy atom. The maximum absolute atomic E-state index is 10.5. The summed E-state index contributed by atoms with van der Waals surface area (Å²) in [6.45, 7) is 3.34. The zero-order chi connectivity index (χ0) is 10.1. The van der Waals surface area contributed by atoms with E-state index in [2.05, 4.69) is 16.3 Å². The highest BCUT2D eigenvalue weighted by molar-refractivity contribution is 5.82. The molecule has 0 aliphatic heterocycles. The average molecular weight is 181 g/mol. The number of allylic oxidation sites excluding steroid dienone is 2. The first kappa shape index (κ1) is 11.2. The third kappa shape index (κ3) is 6.55. The predicted molar refractivity (Wildman–Crippen MR) is 50.6 cm³/mol. The number of rotatable bonds is 4. The number of methoxy groups -OCH3 is 1. The molecule has 4 nitrogen and oxygen atoms in total. The fourth-order valence-corrected chi connectivity index (χ4v) is 0.457. The first-order chi connectivity index (χ1) is 6.20. The minimum absolute atomic E-state index is 0.0870. The Labute approximate surface area is 76.6 Å². The Morgan fingerprint density at radius 3 is 2.77 bits per heavy atom. The lowest BCUT2D eigenvalue weighted by Crippen LogP contribution is -1.93. The van der Waals surface area contributed by atoms with Crippen molar-refractivity contribution in [1.29, 1.82) is 0 Å². The summed E-state index contributed by atoms with van der Waals surface area (Å²) in [6, 6.07) is 0. The Kier molecular flexibility index (Phi) is 5.88. The molecule has 0 rings (SSSR count). The van der Waals surface area contributed by atoms with E-state index in [0.717, 1.165) is 6.08 Å². The minimum Gasteiger partial charge on any atom is -0.508 e. The van der Waals surface area contributed by atoms with Gasteiger partial charge < -0.3 is 9.84 Å². The van der Waals surface area contributed by atoms with Crippen LogP contribution in [0.25, 0.3) is 0 Å². The number of carbonyl (C=O) groups is 1. The van der Waals surface area contributed by atoms with Crippen LogP contribution in [0.15, 0.2) is 41.8 Å². The second-order valence-corrected chi connectivity index (χ2v) is 1.93. The van der Waals surface area contributed by atoms with Crippen LogP contribution in [0.5, 0.6) is 0 Å². The number of aliphatic imine (C=N–C) groups is 1. The van der Waals surface area contributed by atoms with Gasteiger partial charge in [-0.05, 0) is 12.2 Å². The van der Waals surface area contributed by atoms with Crippen molar-refractivity contribution in [2.45, 2.75) is 0 Å². The van der Waals surface area contributed by atoms with Crippen LogP contribution in [-0.2, 0) is 9.53 Å². The molecule has 0 aliphatic rings. The zero-order valence-corrected chi connectivity index (χ0v) is 7.30. The lowest BCUT2D eigenvalue weighted by Gasteiger charge is -1.89. The molecule has 0 aromatic heterocycles. The lowest BCUT2D eigenvalue weighted by molar-refractivity contribution is -0.134. The molecule has 0 saturated heterocycles. The van der Waals surface area contributed by atoms with Crippen molar-refractivity contribution in [1.82, 2.24) is 0 Å².